The maximum atomic E-state index is 3.67. The lowest BCUT2D eigenvalue weighted by Gasteiger charge is -2.40. The fourth-order valence-electron chi connectivity index (χ4n) is 2.72. The maximum absolute atomic E-state index is 3.67. The second-order valence-electron chi connectivity index (χ2n) is 7.18. The van der Waals surface area contributed by atoms with Gasteiger partial charge >= 0.3 is 0 Å². The molecule has 102 valence electrons. The molecule has 0 aromatic carbocycles. The average Bonchev–Trinajstić information content (AvgIpc) is 2.15. The molecule has 1 fully saturated rings. The van der Waals surface area contributed by atoms with Crippen LogP contribution in [0, 0.1) is 11.8 Å². The van der Waals surface area contributed by atoms with Gasteiger partial charge in [-0.3, -0.25) is 4.90 Å². The van der Waals surface area contributed by atoms with Crippen molar-refractivity contribution in [3.63, 3.8) is 0 Å². The van der Waals surface area contributed by atoms with Crippen LogP contribution in [0.2, 0.25) is 0 Å². The number of hydrogen-bond donors (Lipinski definition) is 1. The highest BCUT2D eigenvalue weighted by Crippen LogP contribution is 2.21. The van der Waals surface area contributed by atoms with Crippen LogP contribution in [0.15, 0.2) is 0 Å². The second kappa shape index (κ2) is 6.19. The summed E-state index contributed by atoms with van der Waals surface area (Å²) in [5.74, 6) is 1.61. The number of likely N-dealkylation sites (tertiary alicyclic amines) is 1. The van der Waals surface area contributed by atoms with Gasteiger partial charge in [0.2, 0.25) is 0 Å². The summed E-state index contributed by atoms with van der Waals surface area (Å²) < 4.78 is 0. The van der Waals surface area contributed by atoms with Gasteiger partial charge in [-0.2, -0.15) is 0 Å². The van der Waals surface area contributed by atoms with Crippen molar-refractivity contribution in [1.29, 1.82) is 0 Å². The Morgan fingerprint density at radius 2 is 1.94 bits per heavy atom. The highest BCUT2D eigenvalue weighted by atomic mass is 15.2. The number of hydrogen-bond acceptors (Lipinski definition) is 2. The van der Waals surface area contributed by atoms with E-state index in [0.717, 1.165) is 18.4 Å². The Bertz CT molecular complexity index is 217. The normalized spacial score (nSPS) is 25.2. The predicted octanol–water partition coefficient (Wildman–Crippen LogP) is 3.13. The van der Waals surface area contributed by atoms with Crippen LogP contribution in [0.3, 0.4) is 0 Å². The molecular formula is C15H32N2. The Morgan fingerprint density at radius 3 is 2.41 bits per heavy atom. The molecule has 1 aliphatic heterocycles. The van der Waals surface area contributed by atoms with Crippen molar-refractivity contribution in [3.05, 3.63) is 0 Å². The topological polar surface area (TPSA) is 15.3 Å². The molecule has 0 bridgehead atoms. The van der Waals surface area contributed by atoms with E-state index in [1.807, 2.05) is 0 Å². The zero-order valence-corrected chi connectivity index (χ0v) is 12.7. The van der Waals surface area contributed by atoms with Gasteiger partial charge in [0.25, 0.3) is 0 Å². The molecule has 1 saturated heterocycles. The van der Waals surface area contributed by atoms with E-state index in [0.29, 0.717) is 6.04 Å². The smallest absolute Gasteiger partial charge is 0.0243 e. The molecule has 2 unspecified atom stereocenters. The van der Waals surface area contributed by atoms with Crippen LogP contribution in [0.25, 0.3) is 0 Å². The summed E-state index contributed by atoms with van der Waals surface area (Å²) in [6.45, 7) is 17.6. The lowest BCUT2D eigenvalue weighted by atomic mass is 9.94. The van der Waals surface area contributed by atoms with Crippen LogP contribution in [-0.2, 0) is 0 Å². The van der Waals surface area contributed by atoms with Crippen LogP contribution in [-0.4, -0.2) is 36.1 Å². The molecule has 0 spiro atoms. The monoisotopic (exact) mass is 240 g/mol. The first-order valence-corrected chi connectivity index (χ1v) is 7.28. The molecule has 1 aliphatic rings. The highest BCUT2D eigenvalue weighted by Gasteiger charge is 2.26. The van der Waals surface area contributed by atoms with Gasteiger partial charge < -0.3 is 5.32 Å². The molecule has 0 aliphatic carbocycles. The third kappa shape index (κ3) is 5.39. The largest absolute Gasteiger partial charge is 0.311 e. The van der Waals surface area contributed by atoms with E-state index in [4.69, 9.17) is 0 Å². The lowest BCUT2D eigenvalue weighted by molar-refractivity contribution is 0.0954. The Balaban J connectivity index is 2.53. The van der Waals surface area contributed by atoms with Gasteiger partial charge in [0.05, 0.1) is 0 Å². The summed E-state index contributed by atoms with van der Waals surface area (Å²) in [4.78, 5) is 2.71. The molecule has 1 N–H and O–H groups in total. The fraction of sp³-hybridized carbons (Fsp3) is 1.00. The van der Waals surface area contributed by atoms with Gasteiger partial charge in [0.1, 0.15) is 0 Å². The first kappa shape index (κ1) is 15.0. The summed E-state index contributed by atoms with van der Waals surface area (Å²) >= 11 is 0. The molecule has 2 heteroatoms. The van der Waals surface area contributed by atoms with Crippen LogP contribution in [0.4, 0.5) is 0 Å². The van der Waals surface area contributed by atoms with Gasteiger partial charge in [0, 0.05) is 24.7 Å². The van der Waals surface area contributed by atoms with E-state index < -0.39 is 0 Å². The minimum atomic E-state index is 0.231. The van der Waals surface area contributed by atoms with Crippen LogP contribution < -0.4 is 5.32 Å². The van der Waals surface area contributed by atoms with Crippen molar-refractivity contribution in [3.8, 4) is 0 Å². The van der Waals surface area contributed by atoms with Crippen LogP contribution in [0.1, 0.15) is 54.4 Å². The molecule has 0 radical (unpaired) electrons. The standard InChI is InChI=1S/C15H32N2/c1-12(2)14(10-16-15(4,5)6)17-9-7-8-13(3)11-17/h12-14,16H,7-11H2,1-6H3. The molecule has 0 aromatic heterocycles. The summed E-state index contributed by atoms with van der Waals surface area (Å²) in [6.07, 6.45) is 2.79. The summed E-state index contributed by atoms with van der Waals surface area (Å²) in [7, 11) is 0. The first-order valence-electron chi connectivity index (χ1n) is 7.28. The predicted molar refractivity (Wildman–Crippen MR) is 76.4 cm³/mol. The van der Waals surface area contributed by atoms with E-state index in [1.54, 1.807) is 0 Å². The van der Waals surface area contributed by atoms with E-state index in [1.165, 1.54) is 25.9 Å². The molecule has 2 nitrogen and oxygen atoms in total. The van der Waals surface area contributed by atoms with E-state index in [9.17, 15) is 0 Å². The molecular weight excluding hydrogens is 208 g/mol. The summed E-state index contributed by atoms with van der Waals surface area (Å²) in [5.41, 5.74) is 0.231. The zero-order chi connectivity index (χ0) is 13.1. The third-order valence-electron chi connectivity index (χ3n) is 3.77. The zero-order valence-electron chi connectivity index (χ0n) is 12.7. The second-order valence-corrected chi connectivity index (χ2v) is 7.18. The maximum Gasteiger partial charge on any atom is 0.0243 e. The van der Waals surface area contributed by atoms with Crippen LogP contribution >= 0.6 is 0 Å². The van der Waals surface area contributed by atoms with Gasteiger partial charge in [-0.05, 0) is 52.0 Å². The number of piperidine rings is 1. The number of rotatable bonds is 4. The summed E-state index contributed by atoms with van der Waals surface area (Å²) in [5, 5.41) is 3.67. The SMILES string of the molecule is CC1CCCN(C(CNC(C)(C)C)C(C)C)C1. The number of nitrogens with one attached hydrogen (secondary N) is 1. The van der Waals surface area contributed by atoms with Gasteiger partial charge in [-0.15, -0.1) is 0 Å². The van der Waals surface area contributed by atoms with E-state index in [2.05, 4.69) is 51.8 Å². The Labute approximate surface area is 108 Å². The van der Waals surface area contributed by atoms with Crippen molar-refractivity contribution in [1.82, 2.24) is 10.2 Å². The molecule has 17 heavy (non-hydrogen) atoms. The van der Waals surface area contributed by atoms with Crippen LogP contribution in [0.5, 0.6) is 0 Å². The third-order valence-corrected chi connectivity index (χ3v) is 3.77. The Hall–Kier alpha value is -0.0800. The molecule has 1 rings (SSSR count). The van der Waals surface area contributed by atoms with E-state index in [-0.39, 0.29) is 5.54 Å². The van der Waals surface area contributed by atoms with Crippen molar-refractivity contribution in [2.45, 2.75) is 66.0 Å². The van der Waals surface area contributed by atoms with Crippen molar-refractivity contribution >= 4 is 0 Å². The Morgan fingerprint density at radius 1 is 1.29 bits per heavy atom. The van der Waals surface area contributed by atoms with E-state index >= 15 is 0 Å². The van der Waals surface area contributed by atoms with Gasteiger partial charge in [0.15, 0.2) is 0 Å². The quantitative estimate of drug-likeness (QED) is 0.812. The van der Waals surface area contributed by atoms with Gasteiger partial charge in [-0.25, -0.2) is 0 Å². The lowest BCUT2D eigenvalue weighted by Crippen LogP contribution is -2.52. The molecule has 0 aromatic rings. The van der Waals surface area contributed by atoms with Gasteiger partial charge in [-0.1, -0.05) is 20.8 Å². The van der Waals surface area contributed by atoms with Crippen molar-refractivity contribution < 1.29 is 0 Å². The molecule has 1 heterocycles. The van der Waals surface area contributed by atoms with Crippen molar-refractivity contribution in [2.24, 2.45) is 11.8 Å². The highest BCUT2D eigenvalue weighted by molar-refractivity contribution is 4.84. The minimum absolute atomic E-state index is 0.231. The summed E-state index contributed by atoms with van der Waals surface area (Å²) in [6, 6.07) is 0.692. The molecule has 0 amide bonds. The molecule has 2 atom stereocenters. The first-order chi connectivity index (χ1) is 7.79. The fourth-order valence-corrected chi connectivity index (χ4v) is 2.72. The Kier molecular flexibility index (Phi) is 5.46. The average molecular weight is 240 g/mol. The molecule has 0 saturated carbocycles. The van der Waals surface area contributed by atoms with Crippen molar-refractivity contribution in [2.75, 3.05) is 19.6 Å². The minimum Gasteiger partial charge on any atom is -0.311 e. The number of nitrogens with zero attached hydrogens (tertiary/aromatic N) is 1.